The quantitative estimate of drug-likeness (QED) is 0.847. The average Bonchev–Trinajstić information content (AvgIpc) is 2.67. The minimum atomic E-state index is -2.61. The lowest BCUT2D eigenvalue weighted by molar-refractivity contribution is -0.141. The molecule has 1 aliphatic carbocycles. The summed E-state index contributed by atoms with van der Waals surface area (Å²) in [6.07, 6.45) is -1.31. The Balaban J connectivity index is 1.86. The van der Waals surface area contributed by atoms with Crippen LogP contribution in [0.3, 0.4) is 0 Å². The second-order valence-electron chi connectivity index (χ2n) is 4.65. The molecule has 1 atom stereocenters. The van der Waals surface area contributed by atoms with Crippen LogP contribution >= 0.6 is 22.9 Å². The third-order valence-corrected chi connectivity index (χ3v) is 4.55. The molecule has 0 aromatic carbocycles. The molecule has 6 heteroatoms. The number of aliphatic hydroxyl groups is 1. The molecule has 96 valence electrons. The van der Waals surface area contributed by atoms with Crippen molar-refractivity contribution in [3.8, 4) is 0 Å². The van der Waals surface area contributed by atoms with Gasteiger partial charge < -0.3 is 5.11 Å². The van der Waals surface area contributed by atoms with Crippen molar-refractivity contribution in [2.75, 3.05) is 0 Å². The van der Waals surface area contributed by atoms with Crippen LogP contribution in [0.15, 0.2) is 18.2 Å². The molecule has 2 nitrogen and oxygen atoms in total. The molecule has 0 aliphatic heterocycles. The zero-order valence-corrected chi connectivity index (χ0v) is 10.8. The number of halogens is 3. The fourth-order valence-electron chi connectivity index (χ4n) is 2.22. The Bertz CT molecular complexity index is 593. The van der Waals surface area contributed by atoms with Gasteiger partial charge in [-0.05, 0) is 18.2 Å². The van der Waals surface area contributed by atoms with Crippen LogP contribution in [0, 0.1) is 5.92 Å². The summed E-state index contributed by atoms with van der Waals surface area (Å²) in [7, 11) is 0. The molecule has 1 aliphatic rings. The van der Waals surface area contributed by atoms with Crippen molar-refractivity contribution >= 4 is 33.2 Å². The van der Waals surface area contributed by atoms with Crippen molar-refractivity contribution in [1.82, 2.24) is 4.98 Å². The van der Waals surface area contributed by atoms with Crippen molar-refractivity contribution in [3.05, 3.63) is 28.2 Å². The fraction of sp³-hybridized carbons (Fsp3) is 0.417. The highest BCUT2D eigenvalue weighted by Crippen LogP contribution is 2.49. The number of hydrogen-bond donors (Lipinski definition) is 1. The van der Waals surface area contributed by atoms with Crippen molar-refractivity contribution in [3.63, 3.8) is 0 Å². The van der Waals surface area contributed by atoms with Gasteiger partial charge in [0.1, 0.15) is 9.98 Å². The minimum Gasteiger partial charge on any atom is -0.387 e. The van der Waals surface area contributed by atoms with E-state index < -0.39 is 12.0 Å². The van der Waals surface area contributed by atoms with Crippen LogP contribution in [-0.2, 0) is 0 Å². The van der Waals surface area contributed by atoms with Gasteiger partial charge in [-0.3, -0.25) is 0 Å². The Kier molecular flexibility index (Phi) is 2.80. The molecule has 0 bridgehead atoms. The summed E-state index contributed by atoms with van der Waals surface area (Å²) in [4.78, 5) is 5.54. The Labute approximate surface area is 111 Å². The van der Waals surface area contributed by atoms with Gasteiger partial charge in [0.2, 0.25) is 5.92 Å². The van der Waals surface area contributed by atoms with Gasteiger partial charge in [-0.25, -0.2) is 13.8 Å². The number of hydrogen-bond acceptors (Lipinski definition) is 3. The molecule has 3 rings (SSSR count). The van der Waals surface area contributed by atoms with Crippen LogP contribution in [0.2, 0.25) is 5.15 Å². The van der Waals surface area contributed by atoms with Gasteiger partial charge in [-0.2, -0.15) is 0 Å². The first-order chi connectivity index (χ1) is 8.44. The molecule has 0 unspecified atom stereocenters. The highest BCUT2D eigenvalue weighted by Gasteiger charge is 2.48. The lowest BCUT2D eigenvalue weighted by atomic mass is 9.77. The molecule has 0 spiro atoms. The number of fused-ring (bicyclic) bond motifs is 1. The van der Waals surface area contributed by atoms with Crippen LogP contribution < -0.4 is 0 Å². The number of nitrogens with zero attached hydrogens (tertiary/aromatic N) is 1. The number of aromatic nitrogens is 1. The average molecular weight is 290 g/mol. The van der Waals surface area contributed by atoms with Gasteiger partial charge in [-0.15, -0.1) is 11.3 Å². The number of thiophene rings is 1. The lowest BCUT2D eigenvalue weighted by Gasteiger charge is -2.37. The van der Waals surface area contributed by atoms with E-state index in [4.69, 9.17) is 11.6 Å². The van der Waals surface area contributed by atoms with Gasteiger partial charge in [0, 0.05) is 29.0 Å². The molecule has 1 fully saturated rings. The molecule has 0 radical (unpaired) electrons. The van der Waals surface area contributed by atoms with Gasteiger partial charge in [-0.1, -0.05) is 11.6 Å². The van der Waals surface area contributed by atoms with Crippen LogP contribution in [-0.4, -0.2) is 16.0 Å². The standard InChI is InChI=1S/C12H10ClF2NOS/c13-9-2-1-6-3-8(18-11(6)16-9)10(17)7-4-12(14,15)5-7/h1-3,7,10,17H,4-5H2/t10-/m1/s1. The molecule has 18 heavy (non-hydrogen) atoms. The predicted octanol–water partition coefficient (Wildman–Crippen LogP) is 4.03. The minimum absolute atomic E-state index is 0.239. The molecule has 1 N–H and O–H groups in total. The van der Waals surface area contributed by atoms with Crippen LogP contribution in [0.5, 0.6) is 0 Å². The summed E-state index contributed by atoms with van der Waals surface area (Å²) < 4.78 is 25.6. The fourth-order valence-corrected chi connectivity index (χ4v) is 3.53. The van der Waals surface area contributed by atoms with E-state index >= 15 is 0 Å². The second kappa shape index (κ2) is 4.11. The van der Waals surface area contributed by atoms with E-state index in [-0.39, 0.29) is 18.8 Å². The van der Waals surface area contributed by atoms with Gasteiger partial charge >= 0.3 is 0 Å². The van der Waals surface area contributed by atoms with E-state index in [0.29, 0.717) is 10.0 Å². The van der Waals surface area contributed by atoms with Crippen molar-refractivity contribution in [1.29, 1.82) is 0 Å². The summed E-state index contributed by atoms with van der Waals surface area (Å²) >= 11 is 7.09. The highest BCUT2D eigenvalue weighted by atomic mass is 35.5. The summed E-state index contributed by atoms with van der Waals surface area (Å²) in [5.41, 5.74) is 0. The zero-order valence-electron chi connectivity index (χ0n) is 9.24. The van der Waals surface area contributed by atoms with Gasteiger partial charge in [0.05, 0.1) is 6.10 Å². The monoisotopic (exact) mass is 289 g/mol. The SMILES string of the molecule is O[C@@H](c1cc2ccc(Cl)nc2s1)C1CC(F)(F)C1. The molecule has 2 heterocycles. The van der Waals surface area contributed by atoms with Crippen LogP contribution in [0.1, 0.15) is 23.8 Å². The molecule has 1 saturated carbocycles. The Morgan fingerprint density at radius 2 is 2.17 bits per heavy atom. The topological polar surface area (TPSA) is 33.1 Å². The maximum absolute atomic E-state index is 12.8. The van der Waals surface area contributed by atoms with Gasteiger partial charge in [0.15, 0.2) is 0 Å². The molecular weight excluding hydrogens is 280 g/mol. The smallest absolute Gasteiger partial charge is 0.248 e. The van der Waals surface area contributed by atoms with E-state index in [2.05, 4.69) is 4.98 Å². The second-order valence-corrected chi connectivity index (χ2v) is 6.10. The largest absolute Gasteiger partial charge is 0.387 e. The summed E-state index contributed by atoms with van der Waals surface area (Å²) in [5, 5.41) is 11.3. The number of alkyl halides is 2. The zero-order chi connectivity index (χ0) is 12.9. The van der Waals surface area contributed by atoms with Crippen molar-refractivity contribution < 1.29 is 13.9 Å². The van der Waals surface area contributed by atoms with Crippen LogP contribution in [0.4, 0.5) is 8.78 Å². The molecule has 2 aromatic rings. The third kappa shape index (κ3) is 2.11. The number of pyridine rings is 1. The first-order valence-electron chi connectivity index (χ1n) is 5.56. The summed E-state index contributed by atoms with van der Waals surface area (Å²) in [6, 6.07) is 5.28. The lowest BCUT2D eigenvalue weighted by Crippen LogP contribution is -2.38. The Morgan fingerprint density at radius 1 is 1.44 bits per heavy atom. The summed E-state index contributed by atoms with van der Waals surface area (Å²) in [5.74, 6) is -2.97. The molecular formula is C12H10ClF2NOS. The number of aliphatic hydroxyl groups excluding tert-OH is 1. The van der Waals surface area contributed by atoms with E-state index in [1.807, 2.05) is 6.07 Å². The van der Waals surface area contributed by atoms with Crippen molar-refractivity contribution in [2.24, 2.45) is 5.92 Å². The van der Waals surface area contributed by atoms with Gasteiger partial charge in [0.25, 0.3) is 0 Å². The van der Waals surface area contributed by atoms with E-state index in [0.717, 1.165) is 10.2 Å². The van der Waals surface area contributed by atoms with E-state index in [1.54, 1.807) is 12.1 Å². The predicted molar refractivity (Wildman–Crippen MR) is 67.3 cm³/mol. The number of rotatable bonds is 2. The first-order valence-corrected chi connectivity index (χ1v) is 6.76. The van der Waals surface area contributed by atoms with E-state index in [1.165, 1.54) is 11.3 Å². The molecule has 2 aromatic heterocycles. The third-order valence-electron chi connectivity index (χ3n) is 3.23. The maximum atomic E-state index is 12.8. The van der Waals surface area contributed by atoms with Crippen LogP contribution in [0.25, 0.3) is 10.2 Å². The maximum Gasteiger partial charge on any atom is 0.248 e. The first kappa shape index (κ1) is 12.3. The Hall–Kier alpha value is -0.780. The normalized spacial score (nSPS) is 20.9. The Morgan fingerprint density at radius 3 is 2.83 bits per heavy atom. The molecule has 0 amide bonds. The van der Waals surface area contributed by atoms with Crippen molar-refractivity contribution in [2.45, 2.75) is 24.9 Å². The highest BCUT2D eigenvalue weighted by molar-refractivity contribution is 7.18. The van der Waals surface area contributed by atoms with E-state index in [9.17, 15) is 13.9 Å². The summed E-state index contributed by atoms with van der Waals surface area (Å²) in [6.45, 7) is 0. The molecule has 0 saturated heterocycles.